The summed E-state index contributed by atoms with van der Waals surface area (Å²) in [7, 11) is 0. The van der Waals surface area contributed by atoms with Crippen molar-refractivity contribution in [2.45, 2.75) is 31.8 Å². The summed E-state index contributed by atoms with van der Waals surface area (Å²) in [6, 6.07) is 4.26. The third kappa shape index (κ3) is 2.15. The van der Waals surface area contributed by atoms with Crippen LogP contribution in [0.2, 0.25) is 0 Å². The molecule has 0 amide bonds. The zero-order valence-corrected chi connectivity index (χ0v) is 8.94. The molecule has 0 bridgehead atoms. The predicted molar refractivity (Wildman–Crippen MR) is 56.1 cm³/mol. The van der Waals surface area contributed by atoms with E-state index in [1.807, 2.05) is 6.92 Å². The molecule has 16 heavy (non-hydrogen) atoms. The Labute approximate surface area is 92.9 Å². The quantitative estimate of drug-likeness (QED) is 0.839. The summed E-state index contributed by atoms with van der Waals surface area (Å²) in [6.45, 7) is 1.89. The van der Waals surface area contributed by atoms with Gasteiger partial charge in [0.05, 0.1) is 12.5 Å². The van der Waals surface area contributed by atoms with Crippen molar-refractivity contribution in [1.29, 1.82) is 0 Å². The monoisotopic (exact) mass is 224 g/mol. The zero-order chi connectivity index (χ0) is 11.7. The highest BCUT2D eigenvalue weighted by molar-refractivity contribution is 5.68. The second kappa shape index (κ2) is 4.12. The van der Waals surface area contributed by atoms with E-state index in [1.165, 1.54) is 12.1 Å². The number of carbonyl (C=O) groups is 1. The van der Waals surface area contributed by atoms with E-state index in [0.717, 1.165) is 0 Å². The predicted octanol–water partition coefficient (Wildman–Crippen LogP) is 2.56. The third-order valence-electron chi connectivity index (χ3n) is 2.78. The molecule has 2 atom stereocenters. The van der Waals surface area contributed by atoms with Crippen LogP contribution < -0.4 is 4.74 Å². The Bertz CT molecular complexity index is 417. The van der Waals surface area contributed by atoms with Gasteiger partial charge in [0.1, 0.15) is 11.6 Å². The molecule has 0 fully saturated rings. The van der Waals surface area contributed by atoms with Crippen LogP contribution in [0.1, 0.15) is 31.2 Å². The third-order valence-corrected chi connectivity index (χ3v) is 2.78. The van der Waals surface area contributed by atoms with Crippen molar-refractivity contribution in [3.8, 4) is 5.75 Å². The minimum atomic E-state index is -0.866. The van der Waals surface area contributed by atoms with Crippen LogP contribution in [0.3, 0.4) is 0 Å². The van der Waals surface area contributed by atoms with Crippen LogP contribution in [0.5, 0.6) is 5.75 Å². The van der Waals surface area contributed by atoms with Crippen molar-refractivity contribution in [2.75, 3.05) is 0 Å². The van der Waals surface area contributed by atoms with Gasteiger partial charge in [-0.05, 0) is 31.5 Å². The Balaban J connectivity index is 2.35. The largest absolute Gasteiger partial charge is 0.490 e. The first-order valence-electron chi connectivity index (χ1n) is 5.24. The molecule has 1 aromatic rings. The van der Waals surface area contributed by atoms with Crippen LogP contribution in [0, 0.1) is 5.82 Å². The highest BCUT2D eigenvalue weighted by atomic mass is 19.1. The van der Waals surface area contributed by atoms with Gasteiger partial charge < -0.3 is 9.84 Å². The molecule has 1 aromatic carbocycles. The van der Waals surface area contributed by atoms with Gasteiger partial charge in [-0.1, -0.05) is 0 Å². The summed E-state index contributed by atoms with van der Waals surface area (Å²) >= 11 is 0. The first kappa shape index (κ1) is 10.9. The van der Waals surface area contributed by atoms with E-state index < -0.39 is 5.97 Å². The normalized spacial score (nSPS) is 23.4. The molecule has 0 saturated carbocycles. The maximum atomic E-state index is 13.1. The fraction of sp³-hybridized carbons (Fsp3) is 0.417. The van der Waals surface area contributed by atoms with E-state index in [4.69, 9.17) is 9.84 Å². The minimum Gasteiger partial charge on any atom is -0.490 e. The van der Waals surface area contributed by atoms with Crippen LogP contribution >= 0.6 is 0 Å². The molecule has 0 saturated heterocycles. The van der Waals surface area contributed by atoms with Crippen LogP contribution in [-0.2, 0) is 4.79 Å². The van der Waals surface area contributed by atoms with Crippen molar-refractivity contribution < 1.29 is 19.0 Å². The molecule has 2 rings (SSSR count). The molecule has 0 spiro atoms. The number of ether oxygens (including phenoxy) is 1. The number of carboxylic acid groups (broad SMARTS) is 1. The minimum absolute atomic E-state index is 0.0180. The number of hydrogen-bond donors (Lipinski definition) is 1. The Morgan fingerprint density at radius 1 is 1.62 bits per heavy atom. The van der Waals surface area contributed by atoms with Gasteiger partial charge in [0.2, 0.25) is 0 Å². The Kier molecular flexibility index (Phi) is 2.81. The summed E-state index contributed by atoms with van der Waals surface area (Å²) in [4.78, 5) is 10.7. The molecule has 2 unspecified atom stereocenters. The molecule has 1 aliphatic rings. The first-order valence-corrected chi connectivity index (χ1v) is 5.24. The SMILES string of the molecule is CC1CC(CC(=O)O)c2cc(F)ccc2O1. The van der Waals surface area contributed by atoms with Gasteiger partial charge in [-0.25, -0.2) is 4.39 Å². The van der Waals surface area contributed by atoms with Crippen LogP contribution in [0.15, 0.2) is 18.2 Å². The summed E-state index contributed by atoms with van der Waals surface area (Å²) < 4.78 is 18.6. The lowest BCUT2D eigenvalue weighted by molar-refractivity contribution is -0.137. The smallest absolute Gasteiger partial charge is 0.303 e. The zero-order valence-electron chi connectivity index (χ0n) is 8.94. The molecule has 4 heteroatoms. The van der Waals surface area contributed by atoms with Gasteiger partial charge in [0, 0.05) is 11.5 Å². The summed E-state index contributed by atoms with van der Waals surface area (Å²) in [5, 5.41) is 8.81. The lowest BCUT2D eigenvalue weighted by Gasteiger charge is -2.29. The molecular weight excluding hydrogens is 211 g/mol. The summed E-state index contributed by atoms with van der Waals surface area (Å²) in [5.41, 5.74) is 0.667. The lowest BCUT2D eigenvalue weighted by atomic mass is 9.87. The number of aliphatic carboxylic acids is 1. The second-order valence-corrected chi connectivity index (χ2v) is 4.14. The van der Waals surface area contributed by atoms with Gasteiger partial charge in [-0.3, -0.25) is 4.79 Å². The highest BCUT2D eigenvalue weighted by Crippen LogP contribution is 2.38. The fourth-order valence-corrected chi connectivity index (χ4v) is 2.14. The molecule has 1 N–H and O–H groups in total. The van der Waals surface area contributed by atoms with E-state index >= 15 is 0 Å². The van der Waals surface area contributed by atoms with Gasteiger partial charge in [0.15, 0.2) is 0 Å². The fourth-order valence-electron chi connectivity index (χ4n) is 2.14. The maximum absolute atomic E-state index is 13.1. The van der Waals surface area contributed by atoms with E-state index in [-0.39, 0.29) is 24.3 Å². The first-order chi connectivity index (χ1) is 7.56. The van der Waals surface area contributed by atoms with Crippen molar-refractivity contribution in [2.24, 2.45) is 0 Å². The Morgan fingerprint density at radius 2 is 2.38 bits per heavy atom. The standard InChI is InChI=1S/C12H13FO3/c1-7-4-8(5-12(14)15)10-6-9(13)2-3-11(10)16-7/h2-3,6-8H,4-5H2,1H3,(H,14,15). The summed E-state index contributed by atoms with van der Waals surface area (Å²) in [6.07, 6.45) is 0.606. The molecule has 0 radical (unpaired) electrons. The number of fused-ring (bicyclic) bond motifs is 1. The number of hydrogen-bond acceptors (Lipinski definition) is 2. The van der Waals surface area contributed by atoms with Gasteiger partial charge >= 0.3 is 5.97 Å². The van der Waals surface area contributed by atoms with E-state index in [1.54, 1.807) is 6.07 Å². The van der Waals surface area contributed by atoms with Crippen molar-refractivity contribution in [1.82, 2.24) is 0 Å². The van der Waals surface area contributed by atoms with Crippen LogP contribution in [-0.4, -0.2) is 17.2 Å². The molecular formula is C12H13FO3. The number of rotatable bonds is 2. The van der Waals surface area contributed by atoms with Crippen LogP contribution in [0.4, 0.5) is 4.39 Å². The summed E-state index contributed by atoms with van der Waals surface area (Å²) in [5.74, 6) is -0.778. The van der Waals surface area contributed by atoms with E-state index in [2.05, 4.69) is 0 Å². The maximum Gasteiger partial charge on any atom is 0.303 e. The molecule has 86 valence electrons. The molecule has 1 aliphatic heterocycles. The van der Waals surface area contributed by atoms with E-state index in [0.29, 0.717) is 17.7 Å². The average molecular weight is 224 g/mol. The second-order valence-electron chi connectivity index (χ2n) is 4.14. The number of carboxylic acids is 1. The average Bonchev–Trinajstić information content (AvgIpc) is 2.18. The van der Waals surface area contributed by atoms with E-state index in [9.17, 15) is 9.18 Å². The highest BCUT2D eigenvalue weighted by Gasteiger charge is 2.27. The number of benzene rings is 1. The van der Waals surface area contributed by atoms with Gasteiger partial charge in [0.25, 0.3) is 0 Å². The van der Waals surface area contributed by atoms with Crippen LogP contribution in [0.25, 0.3) is 0 Å². The van der Waals surface area contributed by atoms with Crippen molar-refractivity contribution in [3.05, 3.63) is 29.6 Å². The van der Waals surface area contributed by atoms with Crippen molar-refractivity contribution >= 4 is 5.97 Å². The van der Waals surface area contributed by atoms with Gasteiger partial charge in [-0.2, -0.15) is 0 Å². The Morgan fingerprint density at radius 3 is 3.06 bits per heavy atom. The topological polar surface area (TPSA) is 46.5 Å². The number of halogens is 1. The molecule has 0 aliphatic carbocycles. The molecule has 3 nitrogen and oxygen atoms in total. The Hall–Kier alpha value is -1.58. The van der Waals surface area contributed by atoms with Crippen molar-refractivity contribution in [3.63, 3.8) is 0 Å². The van der Waals surface area contributed by atoms with Gasteiger partial charge in [-0.15, -0.1) is 0 Å². The lowest BCUT2D eigenvalue weighted by Crippen LogP contribution is -2.24. The molecule has 0 aromatic heterocycles. The molecule has 1 heterocycles.